The van der Waals surface area contributed by atoms with E-state index in [1.165, 1.54) is 11.3 Å². The van der Waals surface area contributed by atoms with Crippen molar-refractivity contribution in [3.63, 3.8) is 0 Å². The first-order valence-corrected chi connectivity index (χ1v) is 8.21. The SMILES string of the molecule is Cc1nc(N2CCN(C(C)c3ccccc3)C2=O)sc1C(N)=O. The van der Waals surface area contributed by atoms with Gasteiger partial charge in [0.25, 0.3) is 5.91 Å². The number of carbonyl (C=O) groups excluding carboxylic acids is 2. The Labute approximate surface area is 138 Å². The predicted molar refractivity (Wildman–Crippen MR) is 89.7 cm³/mol. The molecule has 1 aromatic carbocycles. The molecule has 0 bridgehead atoms. The molecule has 0 saturated carbocycles. The van der Waals surface area contributed by atoms with E-state index in [2.05, 4.69) is 4.98 Å². The van der Waals surface area contributed by atoms with Crippen molar-refractivity contribution in [2.24, 2.45) is 5.73 Å². The van der Waals surface area contributed by atoms with Crippen LogP contribution in [0, 0.1) is 6.92 Å². The van der Waals surface area contributed by atoms with E-state index < -0.39 is 5.91 Å². The van der Waals surface area contributed by atoms with Gasteiger partial charge in [-0.25, -0.2) is 9.78 Å². The highest BCUT2D eigenvalue weighted by Gasteiger charge is 2.35. The average Bonchev–Trinajstić information content (AvgIpc) is 3.10. The number of benzene rings is 1. The van der Waals surface area contributed by atoms with E-state index in [4.69, 9.17) is 5.73 Å². The Kier molecular flexibility index (Phi) is 4.04. The van der Waals surface area contributed by atoms with Crippen LogP contribution in [-0.4, -0.2) is 34.9 Å². The Morgan fingerprint density at radius 3 is 2.61 bits per heavy atom. The van der Waals surface area contributed by atoms with E-state index >= 15 is 0 Å². The largest absolute Gasteiger partial charge is 0.365 e. The summed E-state index contributed by atoms with van der Waals surface area (Å²) in [4.78, 5) is 32.2. The summed E-state index contributed by atoms with van der Waals surface area (Å²) in [5.74, 6) is -0.507. The van der Waals surface area contributed by atoms with Gasteiger partial charge < -0.3 is 10.6 Å². The molecule has 0 radical (unpaired) electrons. The van der Waals surface area contributed by atoms with Crippen LogP contribution in [0.15, 0.2) is 30.3 Å². The number of nitrogens with two attached hydrogens (primary N) is 1. The van der Waals surface area contributed by atoms with Crippen LogP contribution >= 0.6 is 11.3 Å². The summed E-state index contributed by atoms with van der Waals surface area (Å²) in [6.07, 6.45) is 0. The Morgan fingerprint density at radius 1 is 1.30 bits per heavy atom. The molecule has 3 amide bonds. The van der Waals surface area contributed by atoms with E-state index in [0.29, 0.717) is 28.8 Å². The second-order valence-electron chi connectivity index (χ2n) is 5.49. The molecule has 1 aliphatic heterocycles. The first-order valence-electron chi connectivity index (χ1n) is 7.39. The quantitative estimate of drug-likeness (QED) is 0.935. The van der Waals surface area contributed by atoms with Crippen molar-refractivity contribution in [2.75, 3.05) is 18.0 Å². The van der Waals surface area contributed by atoms with Crippen LogP contribution in [-0.2, 0) is 0 Å². The Hall–Kier alpha value is -2.41. The van der Waals surface area contributed by atoms with Crippen molar-refractivity contribution in [1.29, 1.82) is 0 Å². The molecule has 2 aromatic rings. The molecule has 1 fully saturated rings. The van der Waals surface area contributed by atoms with Crippen LogP contribution in [0.3, 0.4) is 0 Å². The molecule has 1 unspecified atom stereocenters. The highest BCUT2D eigenvalue weighted by Crippen LogP contribution is 2.31. The molecular formula is C16H18N4O2S. The predicted octanol–water partition coefficient (Wildman–Crippen LogP) is 2.55. The Balaban J connectivity index is 1.82. The maximum Gasteiger partial charge on any atom is 0.326 e. The second-order valence-corrected chi connectivity index (χ2v) is 6.47. The third kappa shape index (κ3) is 2.79. The van der Waals surface area contributed by atoms with Crippen molar-refractivity contribution in [3.8, 4) is 0 Å². The highest BCUT2D eigenvalue weighted by atomic mass is 32.1. The van der Waals surface area contributed by atoms with Gasteiger partial charge in [0.2, 0.25) is 0 Å². The molecule has 0 spiro atoms. The van der Waals surface area contributed by atoms with Gasteiger partial charge in [-0.05, 0) is 19.4 Å². The summed E-state index contributed by atoms with van der Waals surface area (Å²) >= 11 is 1.17. The smallest absolute Gasteiger partial charge is 0.326 e. The van der Waals surface area contributed by atoms with Crippen molar-refractivity contribution in [2.45, 2.75) is 19.9 Å². The summed E-state index contributed by atoms with van der Waals surface area (Å²) in [6, 6.07) is 9.81. The zero-order valence-corrected chi connectivity index (χ0v) is 13.8. The van der Waals surface area contributed by atoms with Gasteiger partial charge >= 0.3 is 6.03 Å². The number of carbonyl (C=O) groups is 2. The van der Waals surface area contributed by atoms with Crippen LogP contribution in [0.25, 0.3) is 0 Å². The van der Waals surface area contributed by atoms with Gasteiger partial charge in [0.15, 0.2) is 5.13 Å². The topological polar surface area (TPSA) is 79.5 Å². The number of aryl methyl sites for hydroxylation is 1. The molecular weight excluding hydrogens is 312 g/mol. The van der Waals surface area contributed by atoms with Gasteiger partial charge in [0, 0.05) is 13.1 Å². The fraction of sp³-hybridized carbons (Fsp3) is 0.312. The fourth-order valence-corrected chi connectivity index (χ4v) is 3.67. The molecule has 1 aromatic heterocycles. The third-order valence-electron chi connectivity index (χ3n) is 4.03. The van der Waals surface area contributed by atoms with Crippen LogP contribution < -0.4 is 10.6 Å². The maximum absolute atomic E-state index is 12.7. The van der Waals surface area contributed by atoms with Crippen LogP contribution in [0.2, 0.25) is 0 Å². The maximum atomic E-state index is 12.7. The molecule has 1 aliphatic rings. The number of primary amides is 1. The number of aromatic nitrogens is 1. The summed E-state index contributed by atoms with van der Waals surface area (Å²) in [7, 11) is 0. The van der Waals surface area contributed by atoms with Gasteiger partial charge in [0.05, 0.1) is 11.7 Å². The lowest BCUT2D eigenvalue weighted by Crippen LogP contribution is -2.33. The van der Waals surface area contributed by atoms with E-state index in [1.807, 2.05) is 42.2 Å². The van der Waals surface area contributed by atoms with Gasteiger partial charge in [-0.2, -0.15) is 0 Å². The summed E-state index contributed by atoms with van der Waals surface area (Å²) in [6.45, 7) is 4.92. The highest BCUT2D eigenvalue weighted by molar-refractivity contribution is 7.17. The molecule has 0 aliphatic carbocycles. The number of amides is 3. The minimum Gasteiger partial charge on any atom is -0.365 e. The van der Waals surface area contributed by atoms with Crippen LogP contribution in [0.4, 0.5) is 9.93 Å². The lowest BCUT2D eigenvalue weighted by molar-refractivity contribution is 0.100. The van der Waals surface area contributed by atoms with Gasteiger partial charge in [0.1, 0.15) is 4.88 Å². The summed E-state index contributed by atoms with van der Waals surface area (Å²) in [5, 5.41) is 0.532. The minimum atomic E-state index is -0.507. The number of rotatable bonds is 4. The standard InChI is InChI=1S/C16H18N4O2S/c1-10-13(14(17)21)23-15(18-10)20-9-8-19(16(20)22)11(2)12-6-4-3-5-7-12/h3-7,11H,8-9H2,1-2H3,(H2,17,21). The zero-order valence-electron chi connectivity index (χ0n) is 13.0. The van der Waals surface area contributed by atoms with E-state index in [-0.39, 0.29) is 12.1 Å². The zero-order chi connectivity index (χ0) is 16.6. The van der Waals surface area contributed by atoms with E-state index in [9.17, 15) is 9.59 Å². The van der Waals surface area contributed by atoms with E-state index in [1.54, 1.807) is 11.8 Å². The van der Waals surface area contributed by atoms with Crippen molar-refractivity contribution < 1.29 is 9.59 Å². The van der Waals surface area contributed by atoms with Gasteiger partial charge in [-0.3, -0.25) is 9.69 Å². The monoisotopic (exact) mass is 330 g/mol. The first kappa shape index (κ1) is 15.5. The number of hydrogen-bond acceptors (Lipinski definition) is 4. The minimum absolute atomic E-state index is 0.00892. The van der Waals surface area contributed by atoms with Crippen molar-refractivity contribution >= 4 is 28.4 Å². The molecule has 2 heterocycles. The van der Waals surface area contributed by atoms with Crippen LogP contribution in [0.1, 0.15) is 33.9 Å². The second kappa shape index (κ2) is 6.00. The molecule has 120 valence electrons. The molecule has 1 atom stereocenters. The Bertz CT molecular complexity index is 744. The fourth-order valence-electron chi connectivity index (χ4n) is 2.73. The molecule has 2 N–H and O–H groups in total. The summed E-state index contributed by atoms with van der Waals surface area (Å²) < 4.78 is 0. The molecule has 23 heavy (non-hydrogen) atoms. The van der Waals surface area contributed by atoms with Crippen LogP contribution in [0.5, 0.6) is 0 Å². The number of hydrogen-bond donors (Lipinski definition) is 1. The van der Waals surface area contributed by atoms with Crippen molar-refractivity contribution in [1.82, 2.24) is 9.88 Å². The lowest BCUT2D eigenvalue weighted by Gasteiger charge is -2.24. The molecule has 7 heteroatoms. The number of anilines is 1. The van der Waals surface area contributed by atoms with Gasteiger partial charge in [-0.15, -0.1) is 0 Å². The molecule has 1 saturated heterocycles. The Morgan fingerprint density at radius 2 is 2.00 bits per heavy atom. The molecule has 3 rings (SSSR count). The normalized spacial score (nSPS) is 16.0. The van der Waals surface area contributed by atoms with E-state index in [0.717, 1.165) is 5.56 Å². The average molecular weight is 330 g/mol. The summed E-state index contributed by atoms with van der Waals surface area (Å²) in [5.41, 5.74) is 6.99. The number of nitrogens with zero attached hydrogens (tertiary/aromatic N) is 3. The number of thiazole rings is 1. The molecule has 6 nitrogen and oxygen atoms in total. The first-order chi connectivity index (χ1) is 11.0. The lowest BCUT2D eigenvalue weighted by atomic mass is 10.1. The van der Waals surface area contributed by atoms with Gasteiger partial charge in [-0.1, -0.05) is 41.7 Å². The van der Waals surface area contributed by atoms with Crippen molar-refractivity contribution in [3.05, 3.63) is 46.5 Å². The number of urea groups is 1. The third-order valence-corrected chi connectivity index (χ3v) is 5.23.